The molecule has 2 bridgehead atoms. The molecular weight excluding hydrogens is 719 g/mol. The summed E-state index contributed by atoms with van der Waals surface area (Å²) in [4.78, 5) is 40.3. The molecule has 50 heavy (non-hydrogen) atoms. The standard InChI is InChI=1S/C35H41Cl3O12/c1-7-23-47-25-24-17(2)20(40)14-34(43,31(24,4)5)28(49-29(41)19-11-9-8-10-12-19)26-32(6,27(25)48-23)21(46-30(42)45-16-35(36,37)38)13-22-33(26,15-44-22)50-18(3)39/h7-12,20-23,25-28,40,43H,1,13-16H2,2-6H3/t20-,21-,22+,23?,25+,26-,27+,28-,32+,33-,34+/m0/s1. The van der Waals surface area contributed by atoms with Gasteiger partial charge in [-0.15, -0.1) is 0 Å². The third-order valence-corrected chi connectivity index (χ3v) is 11.8. The first-order chi connectivity index (χ1) is 23.3. The first-order valence-corrected chi connectivity index (χ1v) is 17.5. The maximum atomic E-state index is 14.1. The van der Waals surface area contributed by atoms with E-state index in [0.29, 0.717) is 11.1 Å². The van der Waals surface area contributed by atoms with E-state index in [1.165, 1.54) is 13.0 Å². The highest BCUT2D eigenvalue weighted by Crippen LogP contribution is 2.67. The van der Waals surface area contributed by atoms with Gasteiger partial charge in [-0.05, 0) is 36.3 Å². The minimum absolute atomic E-state index is 0.0314. The van der Waals surface area contributed by atoms with Crippen molar-refractivity contribution in [3.05, 3.63) is 59.7 Å². The molecule has 0 spiro atoms. The van der Waals surface area contributed by atoms with Crippen molar-refractivity contribution in [2.75, 3.05) is 13.2 Å². The van der Waals surface area contributed by atoms with Crippen LogP contribution in [-0.2, 0) is 38.0 Å². The van der Waals surface area contributed by atoms with Crippen molar-refractivity contribution in [3.63, 3.8) is 0 Å². The summed E-state index contributed by atoms with van der Waals surface area (Å²) in [5.41, 5.74) is -5.09. The van der Waals surface area contributed by atoms with Crippen molar-refractivity contribution >= 4 is 52.9 Å². The van der Waals surface area contributed by atoms with Crippen LogP contribution in [0.2, 0.25) is 0 Å². The summed E-state index contributed by atoms with van der Waals surface area (Å²) in [5, 5.41) is 24.9. The molecule has 2 saturated carbocycles. The lowest BCUT2D eigenvalue weighted by Gasteiger charge is -2.69. The van der Waals surface area contributed by atoms with E-state index in [1.807, 2.05) is 0 Å². The minimum Gasteiger partial charge on any atom is -0.455 e. The number of carbonyl (C=O) groups excluding carboxylic acids is 3. The molecule has 3 aliphatic carbocycles. The predicted molar refractivity (Wildman–Crippen MR) is 178 cm³/mol. The molecule has 0 aromatic heterocycles. The van der Waals surface area contributed by atoms with Gasteiger partial charge in [-0.25, -0.2) is 9.59 Å². The maximum Gasteiger partial charge on any atom is 0.508 e. The molecule has 0 amide bonds. The van der Waals surface area contributed by atoms with Crippen molar-refractivity contribution in [2.24, 2.45) is 16.7 Å². The van der Waals surface area contributed by atoms with Gasteiger partial charge in [-0.1, -0.05) is 80.4 Å². The van der Waals surface area contributed by atoms with E-state index in [-0.39, 0.29) is 25.0 Å². The molecule has 6 rings (SSSR count). The highest BCUT2D eigenvalue weighted by molar-refractivity contribution is 6.67. The summed E-state index contributed by atoms with van der Waals surface area (Å²) in [6.45, 7) is 11.4. The average Bonchev–Trinajstić information content (AvgIpc) is 3.46. The Bertz CT molecular complexity index is 1580. The number of hydrogen-bond donors (Lipinski definition) is 2. The lowest BCUT2D eigenvalue weighted by molar-refractivity contribution is -0.362. The number of hydrogen-bond acceptors (Lipinski definition) is 12. The minimum atomic E-state index is -2.04. The quantitative estimate of drug-likeness (QED) is 0.174. The van der Waals surface area contributed by atoms with E-state index in [0.717, 1.165) is 0 Å². The molecule has 1 aromatic carbocycles. The number of aliphatic hydroxyl groups excluding tert-OH is 1. The first-order valence-electron chi connectivity index (χ1n) is 16.3. The number of rotatable bonds is 6. The molecule has 2 heterocycles. The molecule has 0 radical (unpaired) electrons. The van der Waals surface area contributed by atoms with Crippen LogP contribution in [0.1, 0.15) is 57.8 Å². The molecule has 11 atom stereocenters. The van der Waals surface area contributed by atoms with Gasteiger partial charge in [0.05, 0.1) is 24.2 Å². The number of halogens is 3. The van der Waals surface area contributed by atoms with Gasteiger partial charge in [0, 0.05) is 30.6 Å². The van der Waals surface area contributed by atoms with E-state index < -0.39 is 99.4 Å². The monoisotopic (exact) mass is 758 g/mol. The average molecular weight is 760 g/mol. The van der Waals surface area contributed by atoms with Gasteiger partial charge in [0.15, 0.2) is 11.9 Å². The normalized spacial score (nSPS) is 40.0. The van der Waals surface area contributed by atoms with Crippen LogP contribution in [0.3, 0.4) is 0 Å². The third-order valence-electron chi connectivity index (χ3n) is 11.4. The number of benzene rings is 1. The van der Waals surface area contributed by atoms with Gasteiger partial charge in [-0.2, -0.15) is 0 Å². The molecule has 2 saturated heterocycles. The van der Waals surface area contributed by atoms with Crippen LogP contribution in [0.25, 0.3) is 0 Å². The second-order valence-electron chi connectivity index (χ2n) is 14.5. The van der Waals surface area contributed by atoms with Crippen molar-refractivity contribution in [3.8, 4) is 0 Å². The zero-order valence-corrected chi connectivity index (χ0v) is 30.5. The molecule has 2 aliphatic heterocycles. The Balaban J connectivity index is 1.62. The Hall–Kier alpha value is -2.42. The van der Waals surface area contributed by atoms with Crippen molar-refractivity contribution < 1.29 is 57.8 Å². The van der Waals surface area contributed by atoms with Gasteiger partial charge >= 0.3 is 18.1 Å². The van der Waals surface area contributed by atoms with E-state index in [9.17, 15) is 24.6 Å². The molecule has 4 fully saturated rings. The van der Waals surface area contributed by atoms with E-state index >= 15 is 0 Å². The van der Waals surface area contributed by atoms with Crippen LogP contribution in [0.5, 0.6) is 0 Å². The fourth-order valence-electron chi connectivity index (χ4n) is 9.06. The van der Waals surface area contributed by atoms with E-state index in [4.69, 9.17) is 68.0 Å². The molecule has 5 aliphatic rings. The van der Waals surface area contributed by atoms with E-state index in [2.05, 4.69) is 6.58 Å². The highest BCUT2D eigenvalue weighted by atomic mass is 35.6. The molecule has 2 N–H and O–H groups in total. The molecular formula is C35H41Cl3O12. The Morgan fingerprint density at radius 2 is 1.78 bits per heavy atom. The summed E-state index contributed by atoms with van der Waals surface area (Å²) in [5.74, 6) is -2.65. The van der Waals surface area contributed by atoms with Crippen LogP contribution in [0.4, 0.5) is 4.79 Å². The lowest BCUT2D eigenvalue weighted by atomic mass is 9.44. The number of aliphatic hydroxyl groups is 2. The van der Waals surface area contributed by atoms with Gasteiger partial charge in [0.25, 0.3) is 0 Å². The molecule has 12 nitrogen and oxygen atoms in total. The lowest BCUT2D eigenvalue weighted by Crippen LogP contribution is -2.82. The largest absolute Gasteiger partial charge is 0.508 e. The molecule has 1 aromatic rings. The number of ether oxygens (including phenoxy) is 7. The van der Waals surface area contributed by atoms with Crippen molar-refractivity contribution in [2.45, 2.75) is 105 Å². The fourth-order valence-corrected chi connectivity index (χ4v) is 9.22. The summed E-state index contributed by atoms with van der Waals surface area (Å²) >= 11 is 17.5. The number of carbonyl (C=O) groups is 3. The van der Waals surface area contributed by atoms with Crippen LogP contribution in [0, 0.1) is 16.7 Å². The highest BCUT2D eigenvalue weighted by Gasteiger charge is 2.79. The van der Waals surface area contributed by atoms with E-state index in [1.54, 1.807) is 58.0 Å². The molecule has 1 unspecified atom stereocenters. The third kappa shape index (κ3) is 5.84. The fraction of sp³-hybridized carbons (Fsp3) is 0.629. The van der Waals surface area contributed by atoms with Gasteiger partial charge < -0.3 is 43.4 Å². The summed E-state index contributed by atoms with van der Waals surface area (Å²) in [6.07, 6.45) is -7.79. The zero-order valence-electron chi connectivity index (χ0n) is 28.2. The zero-order chi connectivity index (χ0) is 36.6. The smallest absolute Gasteiger partial charge is 0.455 e. The Labute approximate surface area is 304 Å². The number of alkyl halides is 3. The Morgan fingerprint density at radius 1 is 1.10 bits per heavy atom. The maximum absolute atomic E-state index is 14.1. The van der Waals surface area contributed by atoms with Gasteiger partial charge in [0.2, 0.25) is 3.79 Å². The summed E-state index contributed by atoms with van der Waals surface area (Å²) in [6, 6.07) is 8.20. The van der Waals surface area contributed by atoms with Crippen LogP contribution < -0.4 is 0 Å². The first kappa shape index (κ1) is 37.3. The summed E-state index contributed by atoms with van der Waals surface area (Å²) in [7, 11) is 0. The van der Waals surface area contributed by atoms with Gasteiger partial charge in [0.1, 0.15) is 42.7 Å². The number of esters is 2. The van der Waals surface area contributed by atoms with Crippen molar-refractivity contribution in [1.29, 1.82) is 0 Å². The summed E-state index contributed by atoms with van der Waals surface area (Å²) < 4.78 is 41.0. The van der Waals surface area contributed by atoms with Gasteiger partial charge in [-0.3, -0.25) is 4.79 Å². The molecule has 15 heteroatoms. The Morgan fingerprint density at radius 3 is 2.36 bits per heavy atom. The molecule has 274 valence electrons. The van der Waals surface area contributed by atoms with Crippen LogP contribution >= 0.6 is 34.8 Å². The topological polar surface area (TPSA) is 156 Å². The van der Waals surface area contributed by atoms with Crippen LogP contribution in [0.15, 0.2) is 54.1 Å². The second-order valence-corrected chi connectivity index (χ2v) is 17.0. The van der Waals surface area contributed by atoms with Crippen LogP contribution in [-0.4, -0.2) is 99.4 Å². The Kier molecular flexibility index (Phi) is 9.64. The SMILES string of the molecule is C=CC1O[C@@H]2C3=C(C)[C@@H](O)C[C@@](O)([C@@H](OC(=O)c4ccccc4)[C@@H]4[C@]5(OC(C)=O)CO[C@@H]5C[C@H](OC(=O)OCC(Cl)(Cl)Cl)[C@@]4(C)[C@@H]2O1)C3(C)C. The van der Waals surface area contributed by atoms with Crippen molar-refractivity contribution in [1.82, 2.24) is 0 Å². The second kappa shape index (κ2) is 12.9. The predicted octanol–water partition coefficient (Wildman–Crippen LogP) is 4.98. The number of fused-ring (bicyclic) bond motifs is 8.